The molecule has 11 heteroatoms. The van der Waals surface area contributed by atoms with Crippen molar-refractivity contribution >= 4 is 24.8 Å². The molecule has 0 saturated carbocycles. The van der Waals surface area contributed by atoms with Crippen LogP contribution in [0.5, 0.6) is 5.75 Å². The number of aromatic nitrogens is 2. The number of fused-ring (bicyclic) bond motifs is 1. The highest BCUT2D eigenvalue weighted by atomic mass is 16.3. The summed E-state index contributed by atoms with van der Waals surface area (Å²) in [5, 5.41) is 25.9. The first-order valence-electron chi connectivity index (χ1n) is 13.9. The van der Waals surface area contributed by atoms with E-state index in [1.165, 1.54) is 31.5 Å². The molecule has 5 rings (SSSR count). The third-order valence-corrected chi connectivity index (χ3v) is 7.06. The van der Waals surface area contributed by atoms with E-state index in [-0.39, 0.29) is 24.1 Å². The molecule has 2 aliphatic heterocycles. The summed E-state index contributed by atoms with van der Waals surface area (Å²) in [4.78, 5) is 33.0. The fourth-order valence-electron chi connectivity index (χ4n) is 5.02. The number of amides is 2. The van der Waals surface area contributed by atoms with Gasteiger partial charge in [-0.3, -0.25) is 14.5 Å². The fourth-order valence-corrected chi connectivity index (χ4v) is 5.02. The number of hydrogen-bond acceptors (Lipinski definition) is 8. The number of nitrogens with zero attached hydrogens (tertiary/aromatic N) is 5. The molecule has 1 fully saturated rings. The molecule has 3 heterocycles. The van der Waals surface area contributed by atoms with Gasteiger partial charge in [0, 0.05) is 43.5 Å². The largest absolute Gasteiger partial charge is 0.508 e. The van der Waals surface area contributed by atoms with E-state index in [9.17, 15) is 9.90 Å². The van der Waals surface area contributed by atoms with Crippen molar-refractivity contribution in [3.63, 3.8) is 0 Å². The number of hydrogen-bond donors (Lipinski definition) is 3. The Morgan fingerprint density at radius 3 is 2.52 bits per heavy atom. The monoisotopic (exact) mass is 575 g/mol. The van der Waals surface area contributed by atoms with E-state index in [1.54, 1.807) is 18.2 Å². The van der Waals surface area contributed by atoms with Gasteiger partial charge < -0.3 is 25.9 Å². The maximum Gasteiger partial charge on any atom is 0.254 e. The molecule has 42 heavy (non-hydrogen) atoms. The van der Waals surface area contributed by atoms with Crippen LogP contribution < -0.4 is 11.1 Å². The van der Waals surface area contributed by atoms with E-state index in [4.69, 9.17) is 14.9 Å². The van der Waals surface area contributed by atoms with Gasteiger partial charge in [-0.05, 0) is 81.2 Å². The van der Waals surface area contributed by atoms with Crippen LogP contribution in [0.1, 0.15) is 66.6 Å². The van der Waals surface area contributed by atoms with Gasteiger partial charge in [0.1, 0.15) is 18.6 Å². The maximum atomic E-state index is 12.1. The van der Waals surface area contributed by atoms with Crippen molar-refractivity contribution in [2.75, 3.05) is 25.5 Å². The molecular formula is C31H41N7O4. The fraction of sp³-hybridized carbons (Fsp3) is 0.387. The number of nitrogens with one attached hydrogen (secondary N) is 1. The summed E-state index contributed by atoms with van der Waals surface area (Å²) in [6, 6.07) is 13.1. The molecular weight excluding hydrogens is 534 g/mol. The minimum Gasteiger partial charge on any atom is -0.508 e. The van der Waals surface area contributed by atoms with Gasteiger partial charge in [0.2, 0.25) is 6.41 Å². The molecule has 1 unspecified atom stereocenters. The SMILES string of the molecule is C=O.CCCC(C)N1Cc2cc(O)ccc2C1=O.CNc1cc(-n2cc(CN3CCCC3)cn2)ccc1C#N.NC=O. The lowest BCUT2D eigenvalue weighted by Crippen LogP contribution is -2.33. The van der Waals surface area contributed by atoms with Crippen molar-refractivity contribution in [1.82, 2.24) is 19.6 Å². The van der Waals surface area contributed by atoms with Crippen molar-refractivity contribution in [2.45, 2.75) is 58.7 Å². The summed E-state index contributed by atoms with van der Waals surface area (Å²) in [7, 11) is 1.82. The Hall–Kier alpha value is -4.69. The highest BCUT2D eigenvalue weighted by Gasteiger charge is 2.30. The Morgan fingerprint density at radius 2 is 1.90 bits per heavy atom. The van der Waals surface area contributed by atoms with Crippen LogP contribution in [-0.4, -0.2) is 70.0 Å². The molecule has 1 saturated heterocycles. The molecule has 2 aliphatic rings. The average Bonchev–Trinajstić information content (AvgIpc) is 3.76. The second kappa shape index (κ2) is 17.2. The third kappa shape index (κ3) is 8.91. The molecule has 1 atom stereocenters. The van der Waals surface area contributed by atoms with Crippen LogP contribution in [0.15, 0.2) is 48.8 Å². The molecule has 11 nitrogen and oxygen atoms in total. The van der Waals surface area contributed by atoms with Gasteiger partial charge in [0.25, 0.3) is 5.91 Å². The molecule has 0 radical (unpaired) electrons. The number of nitriles is 1. The normalized spacial score (nSPS) is 14.1. The molecule has 1 aromatic heterocycles. The third-order valence-electron chi connectivity index (χ3n) is 7.06. The maximum absolute atomic E-state index is 12.1. The number of rotatable bonds is 7. The Morgan fingerprint density at radius 1 is 1.21 bits per heavy atom. The van der Waals surface area contributed by atoms with E-state index >= 15 is 0 Å². The summed E-state index contributed by atoms with van der Waals surface area (Å²) in [6.45, 7) is 10.2. The first kappa shape index (κ1) is 33.5. The van der Waals surface area contributed by atoms with Crippen LogP contribution in [0.25, 0.3) is 5.69 Å². The quantitative estimate of drug-likeness (QED) is 0.359. The van der Waals surface area contributed by atoms with Crippen molar-refractivity contribution in [1.29, 1.82) is 5.26 Å². The minimum absolute atomic E-state index is 0.0935. The second-order valence-electron chi connectivity index (χ2n) is 9.92. The number of phenolic OH excluding ortho intramolecular Hbond substituents is 1. The molecule has 2 amide bonds. The number of nitrogens with two attached hydrogens (primary N) is 1. The summed E-state index contributed by atoms with van der Waals surface area (Å²) in [5.41, 5.74) is 9.50. The standard InChI is InChI=1S/C16H19N5.C13H17NO2.CH3NO.CH2O/c1-18-16-8-15(5-4-14(16)9-17)21-12-13(10-19-21)11-20-6-2-3-7-20;1-3-4-9(2)14-8-10-7-11(15)5-6-12(10)13(14)16;2-1-3;1-2/h4-5,8,10,12,18H,2-3,6-7,11H2,1H3;5-7,9,15H,3-4,8H2,1-2H3;1H,(H2,2,3);1H2. The van der Waals surface area contributed by atoms with Gasteiger partial charge in [0.15, 0.2) is 0 Å². The molecule has 2 aromatic carbocycles. The average molecular weight is 576 g/mol. The highest BCUT2D eigenvalue weighted by molar-refractivity contribution is 5.98. The van der Waals surface area contributed by atoms with Crippen molar-refractivity contribution in [2.24, 2.45) is 5.73 Å². The van der Waals surface area contributed by atoms with Crippen molar-refractivity contribution in [3.05, 3.63) is 71.0 Å². The first-order valence-corrected chi connectivity index (χ1v) is 13.9. The molecule has 3 aromatic rings. The van der Waals surface area contributed by atoms with Crippen molar-refractivity contribution < 1.29 is 19.5 Å². The Bertz CT molecular complexity index is 1350. The summed E-state index contributed by atoms with van der Waals surface area (Å²) in [5.74, 6) is 0.326. The van der Waals surface area contributed by atoms with Crippen LogP contribution in [0.3, 0.4) is 0 Å². The predicted octanol–water partition coefficient (Wildman–Crippen LogP) is 3.83. The number of aromatic hydroxyl groups is 1. The van der Waals surface area contributed by atoms with Gasteiger partial charge >= 0.3 is 0 Å². The van der Waals surface area contributed by atoms with Crippen LogP contribution in [-0.2, 0) is 22.7 Å². The van der Waals surface area contributed by atoms with E-state index in [2.05, 4.69) is 47.2 Å². The minimum atomic E-state index is 0.0935. The van der Waals surface area contributed by atoms with Gasteiger partial charge in [-0.1, -0.05) is 13.3 Å². The number of primary amides is 1. The van der Waals surface area contributed by atoms with Crippen molar-refractivity contribution in [3.8, 4) is 17.5 Å². The smallest absolute Gasteiger partial charge is 0.254 e. The van der Waals surface area contributed by atoms with Gasteiger partial charge in [-0.2, -0.15) is 10.4 Å². The zero-order chi connectivity index (χ0) is 31.1. The molecule has 4 N–H and O–H groups in total. The van der Waals surface area contributed by atoms with Gasteiger partial charge in [-0.15, -0.1) is 0 Å². The summed E-state index contributed by atoms with van der Waals surface area (Å²) < 4.78 is 1.87. The zero-order valence-corrected chi connectivity index (χ0v) is 24.6. The van der Waals surface area contributed by atoms with Crippen LogP contribution in [0, 0.1) is 11.3 Å². The van der Waals surface area contributed by atoms with Gasteiger partial charge in [-0.25, -0.2) is 4.68 Å². The lowest BCUT2D eigenvalue weighted by molar-refractivity contribution is -0.107. The lowest BCUT2D eigenvalue weighted by Gasteiger charge is -2.23. The molecule has 0 spiro atoms. The number of carbonyl (C=O) groups excluding carboxylic acids is 3. The van der Waals surface area contributed by atoms with Crippen LogP contribution in [0.4, 0.5) is 5.69 Å². The van der Waals surface area contributed by atoms with E-state index in [1.807, 2.05) is 47.8 Å². The highest BCUT2D eigenvalue weighted by Crippen LogP contribution is 2.28. The number of phenols is 1. The molecule has 0 bridgehead atoms. The molecule has 0 aliphatic carbocycles. The van der Waals surface area contributed by atoms with Crippen LogP contribution in [0.2, 0.25) is 0 Å². The predicted molar refractivity (Wildman–Crippen MR) is 162 cm³/mol. The first-order chi connectivity index (χ1) is 20.3. The zero-order valence-electron chi connectivity index (χ0n) is 24.6. The Balaban J connectivity index is 0.000000262. The number of likely N-dealkylation sites (tertiary alicyclic amines) is 1. The summed E-state index contributed by atoms with van der Waals surface area (Å²) in [6.07, 6.45) is 8.94. The number of anilines is 1. The lowest BCUT2D eigenvalue weighted by atomic mass is 10.1. The van der Waals surface area contributed by atoms with Crippen LogP contribution >= 0.6 is 0 Å². The van der Waals surface area contributed by atoms with E-state index in [0.29, 0.717) is 12.1 Å². The molecule has 224 valence electrons. The topological polar surface area (TPSA) is 158 Å². The van der Waals surface area contributed by atoms with Gasteiger partial charge in [0.05, 0.1) is 23.1 Å². The van der Waals surface area contributed by atoms with E-state index in [0.717, 1.165) is 41.9 Å². The second-order valence-corrected chi connectivity index (χ2v) is 9.92. The van der Waals surface area contributed by atoms with E-state index < -0.39 is 0 Å². The number of carbonyl (C=O) groups is 3. The Kier molecular flexibility index (Phi) is 13.7. The summed E-state index contributed by atoms with van der Waals surface area (Å²) >= 11 is 0. The Labute approximate surface area is 247 Å². The number of benzene rings is 2.